The second-order valence-corrected chi connectivity index (χ2v) is 7.21. The van der Waals surface area contributed by atoms with Crippen molar-refractivity contribution in [1.82, 2.24) is 4.90 Å². The number of carbonyl (C=O) groups excluding carboxylic acids is 3. The molecule has 1 aliphatic heterocycles. The molecule has 2 saturated carbocycles. The fourth-order valence-electron chi connectivity index (χ4n) is 4.86. The van der Waals surface area contributed by atoms with Gasteiger partial charge in [-0.05, 0) is 43.2 Å². The highest BCUT2D eigenvalue weighted by Gasteiger charge is 2.60. The number of para-hydroxylation sites is 2. The van der Waals surface area contributed by atoms with Crippen molar-refractivity contribution in [2.75, 3.05) is 19.0 Å². The van der Waals surface area contributed by atoms with Crippen LogP contribution >= 0.6 is 0 Å². The van der Waals surface area contributed by atoms with E-state index in [4.69, 9.17) is 4.74 Å². The van der Waals surface area contributed by atoms with Gasteiger partial charge in [-0.2, -0.15) is 0 Å². The van der Waals surface area contributed by atoms with Crippen molar-refractivity contribution in [3.05, 3.63) is 24.3 Å². The smallest absolute Gasteiger partial charge is 0.233 e. The first kappa shape index (κ1) is 16.1. The minimum atomic E-state index is -0.231. The largest absolute Gasteiger partial charge is 0.495 e. The highest BCUT2D eigenvalue weighted by Crippen LogP contribution is 2.56. The number of likely N-dealkylation sites (tertiary alicyclic amines) is 1. The highest BCUT2D eigenvalue weighted by molar-refractivity contribution is 6.06. The van der Waals surface area contributed by atoms with Crippen LogP contribution in [0.15, 0.2) is 24.3 Å². The van der Waals surface area contributed by atoms with Gasteiger partial charge < -0.3 is 10.1 Å². The monoisotopic (exact) mass is 342 g/mol. The number of hydrogen-bond donors (Lipinski definition) is 1. The van der Waals surface area contributed by atoms with Gasteiger partial charge in [0.25, 0.3) is 0 Å². The van der Waals surface area contributed by atoms with E-state index in [0.717, 1.165) is 19.3 Å². The molecule has 0 spiro atoms. The Hall–Kier alpha value is -2.37. The number of methoxy groups -OCH3 is 1. The summed E-state index contributed by atoms with van der Waals surface area (Å²) in [6.07, 6.45) is 3.25. The van der Waals surface area contributed by atoms with Gasteiger partial charge in [-0.25, -0.2) is 0 Å². The van der Waals surface area contributed by atoms with Crippen LogP contribution in [0.25, 0.3) is 0 Å². The van der Waals surface area contributed by atoms with Gasteiger partial charge in [0.2, 0.25) is 17.7 Å². The molecule has 132 valence electrons. The van der Waals surface area contributed by atoms with Crippen molar-refractivity contribution in [3.8, 4) is 5.75 Å². The summed E-state index contributed by atoms with van der Waals surface area (Å²) < 4.78 is 5.21. The highest BCUT2D eigenvalue weighted by atomic mass is 16.5. The molecule has 1 aromatic rings. The van der Waals surface area contributed by atoms with Crippen LogP contribution in [0.5, 0.6) is 5.75 Å². The lowest BCUT2D eigenvalue weighted by atomic mass is 9.81. The van der Waals surface area contributed by atoms with Crippen LogP contribution < -0.4 is 10.1 Å². The third-order valence-electron chi connectivity index (χ3n) is 5.96. The zero-order valence-corrected chi connectivity index (χ0v) is 14.2. The number of benzene rings is 1. The lowest BCUT2D eigenvalue weighted by Gasteiger charge is -2.19. The molecule has 1 saturated heterocycles. The van der Waals surface area contributed by atoms with E-state index in [1.165, 1.54) is 4.90 Å². The number of rotatable bonds is 5. The molecule has 6 nitrogen and oxygen atoms in total. The number of anilines is 1. The summed E-state index contributed by atoms with van der Waals surface area (Å²) in [6, 6.07) is 7.15. The van der Waals surface area contributed by atoms with Crippen molar-refractivity contribution in [2.24, 2.45) is 23.7 Å². The number of ether oxygens (including phenoxy) is 1. The third kappa shape index (κ3) is 2.60. The van der Waals surface area contributed by atoms with Crippen molar-refractivity contribution >= 4 is 23.4 Å². The molecule has 0 radical (unpaired) electrons. The van der Waals surface area contributed by atoms with Gasteiger partial charge >= 0.3 is 0 Å². The molecule has 4 rings (SSSR count). The standard InChI is InChI=1S/C19H22N2O4/c1-25-14-5-3-2-4-13(14)20-15(22)8-9-21-18(23)16-11-6-7-12(10-11)17(16)19(21)24/h2-5,11-12,16-17H,6-10H2,1H3,(H,20,22)/t11-,12+,16-,17+. The van der Waals surface area contributed by atoms with Crippen LogP contribution in [0, 0.1) is 23.7 Å². The van der Waals surface area contributed by atoms with Crippen LogP contribution in [0.3, 0.4) is 0 Å². The first-order valence-corrected chi connectivity index (χ1v) is 8.88. The topological polar surface area (TPSA) is 75.7 Å². The molecule has 0 unspecified atom stereocenters. The molecule has 1 heterocycles. The van der Waals surface area contributed by atoms with Crippen LogP contribution in [0.4, 0.5) is 5.69 Å². The normalized spacial score (nSPS) is 29.9. The maximum Gasteiger partial charge on any atom is 0.233 e. The molecule has 3 amide bonds. The lowest BCUT2D eigenvalue weighted by Crippen LogP contribution is -2.35. The Balaban J connectivity index is 1.38. The van der Waals surface area contributed by atoms with E-state index in [-0.39, 0.29) is 42.5 Å². The summed E-state index contributed by atoms with van der Waals surface area (Å²) in [5.74, 6) is 0.727. The molecule has 2 aliphatic carbocycles. The molecule has 1 aromatic carbocycles. The molecule has 3 aliphatic rings. The summed E-state index contributed by atoms with van der Waals surface area (Å²) in [4.78, 5) is 38.8. The van der Waals surface area contributed by atoms with Gasteiger partial charge in [0.05, 0.1) is 24.6 Å². The molecule has 0 aromatic heterocycles. The van der Waals surface area contributed by atoms with E-state index in [2.05, 4.69) is 5.32 Å². The van der Waals surface area contributed by atoms with Crippen molar-refractivity contribution < 1.29 is 19.1 Å². The van der Waals surface area contributed by atoms with Gasteiger partial charge in [-0.3, -0.25) is 19.3 Å². The maximum absolute atomic E-state index is 12.6. The second kappa shape index (κ2) is 6.17. The van der Waals surface area contributed by atoms with Crippen LogP contribution in [-0.2, 0) is 14.4 Å². The van der Waals surface area contributed by atoms with E-state index < -0.39 is 0 Å². The molecule has 3 fully saturated rings. The fraction of sp³-hybridized carbons (Fsp3) is 0.526. The SMILES string of the molecule is COc1ccccc1NC(=O)CCN1C(=O)[C@@H]2[C@@H]3CC[C@@H](C3)[C@@H]2C1=O. The maximum atomic E-state index is 12.6. The van der Waals surface area contributed by atoms with Crippen molar-refractivity contribution in [1.29, 1.82) is 0 Å². The average molecular weight is 342 g/mol. The number of hydrogen-bond acceptors (Lipinski definition) is 4. The lowest BCUT2D eigenvalue weighted by molar-refractivity contribution is -0.140. The molecule has 2 bridgehead atoms. The van der Waals surface area contributed by atoms with Crippen molar-refractivity contribution in [2.45, 2.75) is 25.7 Å². The molecular weight excluding hydrogens is 320 g/mol. The second-order valence-electron chi connectivity index (χ2n) is 7.21. The fourth-order valence-corrected chi connectivity index (χ4v) is 4.86. The Bertz CT molecular complexity index is 704. The molecule has 6 heteroatoms. The minimum Gasteiger partial charge on any atom is -0.495 e. The first-order chi connectivity index (χ1) is 12.1. The van der Waals surface area contributed by atoms with E-state index in [1.54, 1.807) is 19.2 Å². The number of nitrogens with one attached hydrogen (secondary N) is 1. The Morgan fingerprint density at radius 2 is 1.80 bits per heavy atom. The summed E-state index contributed by atoms with van der Waals surface area (Å²) in [7, 11) is 1.54. The summed E-state index contributed by atoms with van der Waals surface area (Å²) in [5, 5.41) is 2.78. The predicted octanol–water partition coefficient (Wildman–Crippen LogP) is 2.05. The average Bonchev–Trinajstić information content (AvgIpc) is 3.28. The third-order valence-corrected chi connectivity index (χ3v) is 5.96. The van der Waals surface area contributed by atoms with Crippen LogP contribution in [0.2, 0.25) is 0 Å². The number of nitrogens with zero attached hydrogens (tertiary/aromatic N) is 1. The quantitative estimate of drug-likeness (QED) is 0.831. The van der Waals surface area contributed by atoms with Gasteiger partial charge in [0.1, 0.15) is 5.75 Å². The molecule has 25 heavy (non-hydrogen) atoms. The van der Waals surface area contributed by atoms with Gasteiger partial charge in [0.15, 0.2) is 0 Å². The number of carbonyl (C=O) groups is 3. The van der Waals surface area contributed by atoms with E-state index in [9.17, 15) is 14.4 Å². The van der Waals surface area contributed by atoms with Gasteiger partial charge in [-0.15, -0.1) is 0 Å². The molecule has 4 atom stereocenters. The Labute approximate surface area is 146 Å². The predicted molar refractivity (Wildman–Crippen MR) is 90.8 cm³/mol. The summed E-state index contributed by atoms with van der Waals surface area (Å²) >= 11 is 0. The number of imide groups is 1. The Morgan fingerprint density at radius 3 is 2.44 bits per heavy atom. The summed E-state index contributed by atoms with van der Waals surface area (Å²) in [6.45, 7) is 0.158. The molecule has 1 N–H and O–H groups in total. The van der Waals surface area contributed by atoms with E-state index in [0.29, 0.717) is 23.3 Å². The van der Waals surface area contributed by atoms with E-state index in [1.807, 2.05) is 12.1 Å². The van der Waals surface area contributed by atoms with Crippen LogP contribution in [0.1, 0.15) is 25.7 Å². The Morgan fingerprint density at radius 1 is 1.16 bits per heavy atom. The Kier molecular flexibility index (Phi) is 3.98. The summed E-state index contributed by atoms with van der Waals surface area (Å²) in [5.41, 5.74) is 0.587. The molecular formula is C19H22N2O4. The van der Waals surface area contributed by atoms with Gasteiger partial charge in [-0.1, -0.05) is 12.1 Å². The zero-order valence-electron chi connectivity index (χ0n) is 14.2. The van der Waals surface area contributed by atoms with Crippen molar-refractivity contribution in [3.63, 3.8) is 0 Å². The number of fused-ring (bicyclic) bond motifs is 5. The van der Waals surface area contributed by atoms with E-state index >= 15 is 0 Å². The minimum absolute atomic E-state index is 0.0627. The van der Waals surface area contributed by atoms with Crippen LogP contribution in [-0.4, -0.2) is 36.3 Å². The first-order valence-electron chi connectivity index (χ1n) is 8.88. The zero-order chi connectivity index (χ0) is 17.6. The van der Waals surface area contributed by atoms with Gasteiger partial charge in [0, 0.05) is 13.0 Å². The number of amides is 3.